The number of ether oxygens (including phenoxy) is 3. The molecule has 2 N–H and O–H groups in total. The van der Waals surface area contributed by atoms with Crippen LogP contribution in [0.15, 0.2) is 46.0 Å². The van der Waals surface area contributed by atoms with Crippen molar-refractivity contribution < 1.29 is 14.2 Å². The molecule has 3 rings (SSSR count). The highest BCUT2D eigenvalue weighted by Gasteiger charge is 2.31. The molecule has 1 unspecified atom stereocenters. The van der Waals surface area contributed by atoms with Gasteiger partial charge < -0.3 is 19.9 Å². The van der Waals surface area contributed by atoms with Crippen LogP contribution in [0, 0.1) is 0 Å². The zero-order valence-corrected chi connectivity index (χ0v) is 17.6. The Bertz CT molecular complexity index is 861. The number of thiocarbonyl (C=S) groups is 1. The number of hydrazone groups is 1. The smallest absolute Gasteiger partial charge is 0.203 e. The summed E-state index contributed by atoms with van der Waals surface area (Å²) in [5.41, 5.74) is 8.71. The fourth-order valence-electron chi connectivity index (χ4n) is 3.08. The molecule has 1 heterocycles. The largest absolute Gasteiger partial charge is 0.493 e. The maximum Gasteiger partial charge on any atom is 0.203 e. The number of methoxy groups -OCH3 is 3. The van der Waals surface area contributed by atoms with Crippen LogP contribution in [0.2, 0.25) is 0 Å². The van der Waals surface area contributed by atoms with Crippen LogP contribution in [0.4, 0.5) is 0 Å². The summed E-state index contributed by atoms with van der Waals surface area (Å²) in [4.78, 5) is 0. The Kier molecular flexibility index (Phi) is 5.86. The number of nitrogens with two attached hydrogens (primary N) is 1. The van der Waals surface area contributed by atoms with Crippen molar-refractivity contribution in [2.45, 2.75) is 12.5 Å². The lowest BCUT2D eigenvalue weighted by Crippen LogP contribution is -2.31. The lowest BCUT2D eigenvalue weighted by Gasteiger charge is -2.21. The first-order chi connectivity index (χ1) is 13.0. The summed E-state index contributed by atoms with van der Waals surface area (Å²) in [6, 6.07) is 11.7. The van der Waals surface area contributed by atoms with E-state index in [0.717, 1.165) is 21.3 Å². The Morgan fingerprint density at radius 3 is 2.19 bits per heavy atom. The Balaban J connectivity index is 2.01. The number of hydrogen-bond acceptors (Lipinski definition) is 5. The maximum absolute atomic E-state index is 5.93. The van der Waals surface area contributed by atoms with E-state index in [0.29, 0.717) is 23.7 Å². The molecule has 142 valence electrons. The molecule has 0 saturated heterocycles. The van der Waals surface area contributed by atoms with Gasteiger partial charge in [0.15, 0.2) is 16.6 Å². The first-order valence-electron chi connectivity index (χ1n) is 8.20. The van der Waals surface area contributed by atoms with Crippen LogP contribution in [-0.2, 0) is 0 Å². The zero-order chi connectivity index (χ0) is 19.6. The molecule has 6 nitrogen and oxygen atoms in total. The van der Waals surface area contributed by atoms with Gasteiger partial charge in [-0.25, -0.2) is 5.01 Å². The van der Waals surface area contributed by atoms with Crippen LogP contribution in [0.1, 0.15) is 23.6 Å². The van der Waals surface area contributed by atoms with E-state index in [-0.39, 0.29) is 11.2 Å². The van der Waals surface area contributed by atoms with Crippen molar-refractivity contribution in [2.75, 3.05) is 21.3 Å². The van der Waals surface area contributed by atoms with Crippen LogP contribution >= 0.6 is 28.1 Å². The molecule has 1 atom stereocenters. The molecule has 2 aromatic carbocycles. The van der Waals surface area contributed by atoms with Gasteiger partial charge in [0.25, 0.3) is 0 Å². The minimum atomic E-state index is -0.0651. The number of benzene rings is 2. The Morgan fingerprint density at radius 2 is 1.70 bits per heavy atom. The first kappa shape index (κ1) is 19.4. The van der Waals surface area contributed by atoms with Gasteiger partial charge >= 0.3 is 0 Å². The van der Waals surface area contributed by atoms with E-state index in [1.54, 1.807) is 26.3 Å². The number of nitrogens with zero attached hydrogens (tertiary/aromatic N) is 2. The molecule has 0 radical (unpaired) electrons. The minimum Gasteiger partial charge on any atom is -0.493 e. The fraction of sp³-hybridized carbons (Fsp3) is 0.263. The first-order valence-corrected chi connectivity index (χ1v) is 9.40. The lowest BCUT2D eigenvalue weighted by atomic mass is 9.98. The van der Waals surface area contributed by atoms with Crippen LogP contribution < -0.4 is 19.9 Å². The van der Waals surface area contributed by atoms with Gasteiger partial charge in [-0.3, -0.25) is 0 Å². The maximum atomic E-state index is 5.93. The molecule has 27 heavy (non-hydrogen) atoms. The molecule has 1 aliphatic rings. The molecule has 0 amide bonds. The Labute approximate surface area is 172 Å². The van der Waals surface area contributed by atoms with Crippen LogP contribution in [0.25, 0.3) is 0 Å². The van der Waals surface area contributed by atoms with E-state index < -0.39 is 0 Å². The second-order valence-electron chi connectivity index (χ2n) is 5.91. The van der Waals surface area contributed by atoms with Crippen LogP contribution in [0.3, 0.4) is 0 Å². The number of hydrogen-bond donors (Lipinski definition) is 1. The van der Waals surface area contributed by atoms with Gasteiger partial charge in [-0.15, -0.1) is 0 Å². The number of halogens is 1. The van der Waals surface area contributed by atoms with E-state index in [9.17, 15) is 0 Å². The van der Waals surface area contributed by atoms with Crippen molar-refractivity contribution in [1.29, 1.82) is 0 Å². The molecule has 0 saturated carbocycles. The third kappa shape index (κ3) is 3.86. The van der Waals surface area contributed by atoms with Gasteiger partial charge in [-0.1, -0.05) is 28.1 Å². The monoisotopic (exact) mass is 449 g/mol. The molecular formula is C19H20BrN3O3S. The quantitative estimate of drug-likeness (QED) is 0.698. The fourth-order valence-corrected chi connectivity index (χ4v) is 3.51. The van der Waals surface area contributed by atoms with Crippen molar-refractivity contribution in [3.05, 3.63) is 52.0 Å². The SMILES string of the molecule is COc1cc(C2=NN(C(N)=S)C(c3ccc(Br)cc3)C2)cc(OC)c1OC. The van der Waals surface area contributed by atoms with E-state index in [1.807, 2.05) is 36.4 Å². The van der Waals surface area contributed by atoms with E-state index in [4.69, 9.17) is 32.2 Å². The van der Waals surface area contributed by atoms with E-state index in [1.165, 1.54) is 0 Å². The highest BCUT2D eigenvalue weighted by atomic mass is 79.9. The molecule has 1 aliphatic heterocycles. The standard InChI is InChI=1S/C19H20BrN3O3S/c1-24-16-8-12(9-17(25-2)18(16)26-3)14-10-15(23(22-14)19(21)27)11-4-6-13(20)7-5-11/h4-9,15H,10H2,1-3H3,(H2,21,27). The molecule has 0 spiro atoms. The Hall–Kier alpha value is -2.32. The normalized spacial score (nSPS) is 16.1. The second kappa shape index (κ2) is 8.14. The van der Waals surface area contributed by atoms with E-state index in [2.05, 4.69) is 21.0 Å². The van der Waals surface area contributed by atoms with Gasteiger partial charge in [0, 0.05) is 16.5 Å². The van der Waals surface area contributed by atoms with Gasteiger partial charge in [-0.2, -0.15) is 5.10 Å². The van der Waals surface area contributed by atoms with Crippen molar-refractivity contribution in [3.8, 4) is 17.2 Å². The minimum absolute atomic E-state index is 0.0651. The van der Waals surface area contributed by atoms with Crippen molar-refractivity contribution in [1.82, 2.24) is 5.01 Å². The average Bonchev–Trinajstić information content (AvgIpc) is 3.13. The zero-order valence-electron chi connectivity index (χ0n) is 15.2. The van der Waals surface area contributed by atoms with Gasteiger partial charge in [-0.05, 0) is 42.0 Å². The van der Waals surface area contributed by atoms with Gasteiger partial charge in [0.1, 0.15) is 0 Å². The third-order valence-corrected chi connectivity index (χ3v) is 5.10. The highest BCUT2D eigenvalue weighted by molar-refractivity contribution is 9.10. The molecule has 0 aliphatic carbocycles. The molecule has 0 aromatic heterocycles. The van der Waals surface area contributed by atoms with Gasteiger partial charge in [0.05, 0.1) is 33.1 Å². The lowest BCUT2D eigenvalue weighted by molar-refractivity contribution is 0.324. The summed E-state index contributed by atoms with van der Waals surface area (Å²) in [5.74, 6) is 1.69. The topological polar surface area (TPSA) is 69.3 Å². The molecule has 0 fully saturated rings. The molecule has 2 aromatic rings. The summed E-state index contributed by atoms with van der Waals surface area (Å²) in [6.45, 7) is 0. The summed E-state index contributed by atoms with van der Waals surface area (Å²) < 4.78 is 17.3. The number of rotatable bonds is 5. The molecular weight excluding hydrogens is 430 g/mol. The van der Waals surface area contributed by atoms with Crippen LogP contribution in [-0.4, -0.2) is 37.2 Å². The van der Waals surface area contributed by atoms with Gasteiger partial charge in [0.2, 0.25) is 5.75 Å². The van der Waals surface area contributed by atoms with Crippen molar-refractivity contribution in [2.24, 2.45) is 10.8 Å². The predicted octanol–water partition coefficient (Wildman–Crippen LogP) is 3.87. The summed E-state index contributed by atoms with van der Waals surface area (Å²) in [5, 5.41) is 6.57. The average molecular weight is 450 g/mol. The van der Waals surface area contributed by atoms with Crippen molar-refractivity contribution >= 4 is 39.0 Å². The highest BCUT2D eigenvalue weighted by Crippen LogP contribution is 2.40. The van der Waals surface area contributed by atoms with Crippen LogP contribution in [0.5, 0.6) is 17.2 Å². The van der Waals surface area contributed by atoms with E-state index >= 15 is 0 Å². The predicted molar refractivity (Wildman–Crippen MR) is 113 cm³/mol. The third-order valence-electron chi connectivity index (χ3n) is 4.39. The summed E-state index contributed by atoms with van der Waals surface area (Å²) in [6.07, 6.45) is 0.650. The molecule has 0 bridgehead atoms. The Morgan fingerprint density at radius 1 is 1.11 bits per heavy atom. The summed E-state index contributed by atoms with van der Waals surface area (Å²) in [7, 11) is 4.75. The summed E-state index contributed by atoms with van der Waals surface area (Å²) >= 11 is 8.68. The second-order valence-corrected chi connectivity index (χ2v) is 7.25. The van der Waals surface area contributed by atoms with Crippen molar-refractivity contribution in [3.63, 3.8) is 0 Å². The molecule has 8 heteroatoms.